The molecule has 26 heavy (non-hydrogen) atoms. The summed E-state index contributed by atoms with van der Waals surface area (Å²) in [6.45, 7) is 2.34. The minimum absolute atomic E-state index is 0.0490. The number of carbonyl (C=O) groups excluding carboxylic acids is 1. The predicted octanol–water partition coefficient (Wildman–Crippen LogP) is 4.48. The van der Waals surface area contributed by atoms with E-state index in [1.165, 1.54) is 0 Å². The van der Waals surface area contributed by atoms with E-state index in [1.54, 1.807) is 19.1 Å². The molecule has 0 N–H and O–H groups in total. The van der Waals surface area contributed by atoms with Gasteiger partial charge in [-0.15, -0.1) is 0 Å². The summed E-state index contributed by atoms with van der Waals surface area (Å²) in [6.07, 6.45) is 0.370. The van der Waals surface area contributed by atoms with Crippen LogP contribution in [0.5, 0.6) is 11.5 Å². The monoisotopic (exact) mass is 375 g/mol. The number of hydrogen-bond donors (Lipinski definition) is 0. The summed E-state index contributed by atoms with van der Waals surface area (Å²) < 4.78 is 16.0. The smallest absolute Gasteiger partial charge is 0.410 e. The van der Waals surface area contributed by atoms with Gasteiger partial charge in [0.2, 0.25) is 0 Å². The molecule has 5 nitrogen and oxygen atoms in total. The van der Waals surface area contributed by atoms with Crippen LogP contribution in [0.2, 0.25) is 5.02 Å². The highest BCUT2D eigenvalue weighted by atomic mass is 35.5. The Balaban J connectivity index is 1.81. The summed E-state index contributed by atoms with van der Waals surface area (Å²) in [5.41, 5.74) is 2.03. The number of amides is 1. The van der Waals surface area contributed by atoms with E-state index in [-0.39, 0.29) is 18.2 Å². The van der Waals surface area contributed by atoms with E-state index in [0.717, 1.165) is 11.1 Å². The summed E-state index contributed by atoms with van der Waals surface area (Å²) >= 11 is 6.11. The Labute approximate surface area is 158 Å². The van der Waals surface area contributed by atoms with Gasteiger partial charge in [0.15, 0.2) is 11.5 Å². The second kappa shape index (κ2) is 7.87. The maximum absolute atomic E-state index is 12.3. The van der Waals surface area contributed by atoms with Gasteiger partial charge >= 0.3 is 6.09 Å². The molecule has 0 radical (unpaired) electrons. The Kier molecular flexibility index (Phi) is 5.57. The van der Waals surface area contributed by atoms with Crippen LogP contribution in [0.4, 0.5) is 4.79 Å². The first-order chi connectivity index (χ1) is 12.5. The second-order valence-electron chi connectivity index (χ2n) is 6.30. The largest absolute Gasteiger partial charge is 0.493 e. The summed E-state index contributed by atoms with van der Waals surface area (Å²) in [7, 11) is 3.22. The van der Waals surface area contributed by atoms with Crippen molar-refractivity contribution in [2.75, 3.05) is 20.8 Å². The average molecular weight is 376 g/mol. The third kappa shape index (κ3) is 3.73. The van der Waals surface area contributed by atoms with Crippen LogP contribution in [0.3, 0.4) is 0 Å². The Bertz CT molecular complexity index is 795. The van der Waals surface area contributed by atoms with Gasteiger partial charge in [-0.05, 0) is 48.7 Å². The van der Waals surface area contributed by atoms with Gasteiger partial charge in [0.05, 0.1) is 20.3 Å². The number of methoxy groups -OCH3 is 2. The molecule has 0 aliphatic carbocycles. The third-order valence-electron chi connectivity index (χ3n) is 4.60. The number of hydrogen-bond acceptors (Lipinski definition) is 4. The first-order valence-corrected chi connectivity index (χ1v) is 8.82. The van der Waals surface area contributed by atoms with Gasteiger partial charge in [0.1, 0.15) is 6.61 Å². The van der Waals surface area contributed by atoms with Gasteiger partial charge in [-0.2, -0.15) is 0 Å². The van der Waals surface area contributed by atoms with Crippen LogP contribution in [0, 0.1) is 0 Å². The van der Waals surface area contributed by atoms with Crippen molar-refractivity contribution >= 4 is 17.7 Å². The number of ether oxygens (including phenoxy) is 3. The van der Waals surface area contributed by atoms with Gasteiger partial charge in [-0.1, -0.05) is 29.8 Å². The molecular formula is C20H22ClNO4. The van der Waals surface area contributed by atoms with Crippen LogP contribution in [0.15, 0.2) is 42.5 Å². The van der Waals surface area contributed by atoms with Gasteiger partial charge in [-0.25, -0.2) is 4.79 Å². The number of nitrogens with zero attached hydrogens (tertiary/aromatic N) is 1. The van der Waals surface area contributed by atoms with Crippen LogP contribution in [0.25, 0.3) is 0 Å². The standard InChI is InChI=1S/C20H22ClNO4/c1-13(9-14-7-8-18(24-2)19(10-14)25-3)22-17(12-26-20(22)23)15-5-4-6-16(21)11-15/h4-8,10-11,13,17H,9,12H2,1-3H3. The molecule has 138 valence electrons. The van der Waals surface area contributed by atoms with Crippen LogP contribution in [-0.2, 0) is 11.2 Å². The molecule has 0 bridgehead atoms. The highest BCUT2D eigenvalue weighted by Gasteiger charge is 2.37. The van der Waals surface area contributed by atoms with E-state index in [1.807, 2.05) is 49.4 Å². The third-order valence-corrected chi connectivity index (χ3v) is 4.83. The molecule has 2 aromatic rings. The molecule has 1 heterocycles. The number of carbonyl (C=O) groups is 1. The lowest BCUT2D eigenvalue weighted by Crippen LogP contribution is -2.37. The SMILES string of the molecule is COc1ccc(CC(C)N2C(=O)OCC2c2cccc(Cl)c2)cc1OC. The van der Waals surface area contributed by atoms with E-state index in [4.69, 9.17) is 25.8 Å². The molecule has 1 saturated heterocycles. The molecule has 2 atom stereocenters. The summed E-state index contributed by atoms with van der Waals surface area (Å²) in [6, 6.07) is 13.1. The fourth-order valence-electron chi connectivity index (χ4n) is 3.34. The van der Waals surface area contributed by atoms with Crippen molar-refractivity contribution in [2.45, 2.75) is 25.4 Å². The minimum atomic E-state index is -0.303. The molecule has 1 amide bonds. The summed E-state index contributed by atoms with van der Waals surface area (Å²) in [5.74, 6) is 1.36. The lowest BCUT2D eigenvalue weighted by molar-refractivity contribution is 0.146. The van der Waals surface area contributed by atoms with Crippen LogP contribution >= 0.6 is 11.6 Å². The Morgan fingerprint density at radius 3 is 2.65 bits per heavy atom. The average Bonchev–Trinajstić information content (AvgIpc) is 3.03. The van der Waals surface area contributed by atoms with Crippen LogP contribution < -0.4 is 9.47 Å². The van der Waals surface area contributed by atoms with Crippen molar-refractivity contribution in [3.05, 3.63) is 58.6 Å². The molecular weight excluding hydrogens is 354 g/mol. The maximum Gasteiger partial charge on any atom is 0.410 e. The van der Waals surface area contributed by atoms with Crippen LogP contribution in [-0.4, -0.2) is 37.9 Å². The predicted molar refractivity (Wildman–Crippen MR) is 100 cm³/mol. The Hall–Kier alpha value is -2.40. The number of rotatable bonds is 6. The van der Waals surface area contributed by atoms with E-state index in [9.17, 15) is 4.79 Å². The first kappa shape index (κ1) is 18.4. The molecule has 2 aromatic carbocycles. The molecule has 0 aromatic heterocycles. The molecule has 3 rings (SSSR count). The summed E-state index contributed by atoms with van der Waals surface area (Å²) in [5, 5.41) is 0.648. The normalized spacial score (nSPS) is 17.8. The maximum atomic E-state index is 12.3. The molecule has 1 aliphatic rings. The number of halogens is 1. The first-order valence-electron chi connectivity index (χ1n) is 8.45. The topological polar surface area (TPSA) is 48.0 Å². The van der Waals surface area contributed by atoms with Gasteiger partial charge in [0, 0.05) is 11.1 Å². The van der Waals surface area contributed by atoms with Gasteiger partial charge in [0.25, 0.3) is 0 Å². The highest BCUT2D eigenvalue weighted by molar-refractivity contribution is 6.30. The zero-order chi connectivity index (χ0) is 18.7. The molecule has 2 unspecified atom stereocenters. The van der Waals surface area contributed by atoms with Crippen molar-refractivity contribution in [3.63, 3.8) is 0 Å². The van der Waals surface area contributed by atoms with Crippen molar-refractivity contribution in [1.29, 1.82) is 0 Å². The van der Waals surface area contributed by atoms with Crippen molar-refractivity contribution < 1.29 is 19.0 Å². The van der Waals surface area contributed by atoms with Crippen molar-refractivity contribution in [2.24, 2.45) is 0 Å². The fraction of sp³-hybridized carbons (Fsp3) is 0.350. The van der Waals surface area contributed by atoms with Gasteiger partial charge < -0.3 is 14.2 Å². The fourth-order valence-corrected chi connectivity index (χ4v) is 3.54. The summed E-state index contributed by atoms with van der Waals surface area (Å²) in [4.78, 5) is 14.1. The second-order valence-corrected chi connectivity index (χ2v) is 6.73. The lowest BCUT2D eigenvalue weighted by atomic mass is 10.0. The zero-order valence-corrected chi connectivity index (χ0v) is 15.8. The van der Waals surface area contributed by atoms with E-state index < -0.39 is 0 Å². The lowest BCUT2D eigenvalue weighted by Gasteiger charge is -2.28. The molecule has 0 spiro atoms. The van der Waals surface area contributed by atoms with Crippen molar-refractivity contribution in [1.82, 2.24) is 4.90 Å². The Morgan fingerprint density at radius 1 is 1.19 bits per heavy atom. The van der Waals surface area contributed by atoms with Crippen LogP contribution in [0.1, 0.15) is 24.1 Å². The molecule has 0 saturated carbocycles. The van der Waals surface area contributed by atoms with E-state index in [0.29, 0.717) is 29.5 Å². The van der Waals surface area contributed by atoms with Crippen molar-refractivity contribution in [3.8, 4) is 11.5 Å². The van der Waals surface area contributed by atoms with E-state index in [2.05, 4.69) is 0 Å². The molecule has 1 aliphatic heterocycles. The quantitative estimate of drug-likeness (QED) is 0.746. The molecule has 1 fully saturated rings. The van der Waals surface area contributed by atoms with E-state index >= 15 is 0 Å². The molecule has 6 heteroatoms. The Morgan fingerprint density at radius 2 is 1.96 bits per heavy atom. The zero-order valence-electron chi connectivity index (χ0n) is 15.1. The number of benzene rings is 2. The minimum Gasteiger partial charge on any atom is -0.493 e. The highest BCUT2D eigenvalue weighted by Crippen LogP contribution is 2.33. The van der Waals surface area contributed by atoms with Gasteiger partial charge in [-0.3, -0.25) is 4.90 Å². The number of cyclic esters (lactones) is 1.